The summed E-state index contributed by atoms with van der Waals surface area (Å²) in [5.41, 5.74) is 0. The molecule has 1 fully saturated rings. The van der Waals surface area contributed by atoms with Gasteiger partial charge in [0, 0.05) is 0 Å². The molecular formula is C8H11F3N2O3. The van der Waals surface area contributed by atoms with Gasteiger partial charge in [-0.3, -0.25) is 9.59 Å². The maximum atomic E-state index is 12.0. The Morgan fingerprint density at radius 1 is 1.38 bits per heavy atom. The quantitative estimate of drug-likeness (QED) is 0.628. The van der Waals surface area contributed by atoms with Crippen molar-refractivity contribution in [2.24, 2.45) is 0 Å². The van der Waals surface area contributed by atoms with Gasteiger partial charge in [0.1, 0.15) is 6.04 Å². The van der Waals surface area contributed by atoms with Crippen molar-refractivity contribution >= 4 is 11.9 Å². The zero-order valence-electron chi connectivity index (χ0n) is 8.17. The monoisotopic (exact) mass is 240 g/mol. The van der Waals surface area contributed by atoms with E-state index in [1.165, 1.54) is 0 Å². The summed E-state index contributed by atoms with van der Waals surface area (Å²) in [6.07, 6.45) is -4.25. The van der Waals surface area contributed by atoms with E-state index in [1.807, 2.05) is 0 Å². The van der Waals surface area contributed by atoms with Gasteiger partial charge >= 0.3 is 18.1 Å². The molecule has 3 N–H and O–H groups in total. The molecule has 1 heterocycles. The lowest BCUT2D eigenvalue weighted by molar-refractivity contribution is -0.175. The second kappa shape index (κ2) is 4.69. The summed E-state index contributed by atoms with van der Waals surface area (Å²) in [5.74, 6) is -3.38. The summed E-state index contributed by atoms with van der Waals surface area (Å²) < 4.78 is 35.9. The van der Waals surface area contributed by atoms with Crippen molar-refractivity contribution in [2.45, 2.75) is 31.1 Å². The van der Waals surface area contributed by atoms with Crippen LogP contribution in [0.4, 0.5) is 13.2 Å². The Balaban J connectivity index is 2.63. The number of nitrogens with one attached hydrogen (secondary N) is 2. The Morgan fingerprint density at radius 3 is 2.50 bits per heavy atom. The Bertz CT molecular complexity index is 293. The predicted molar refractivity (Wildman–Crippen MR) is 46.6 cm³/mol. The molecule has 1 aliphatic heterocycles. The molecule has 1 saturated heterocycles. The van der Waals surface area contributed by atoms with Crippen LogP contribution in [0.5, 0.6) is 0 Å². The van der Waals surface area contributed by atoms with Crippen LogP contribution in [-0.4, -0.2) is 41.8 Å². The van der Waals surface area contributed by atoms with Gasteiger partial charge in [-0.25, -0.2) is 0 Å². The number of aliphatic carboxylic acids is 1. The molecule has 0 aromatic rings. The first kappa shape index (κ1) is 12.8. The van der Waals surface area contributed by atoms with E-state index in [4.69, 9.17) is 5.11 Å². The lowest BCUT2D eigenvalue weighted by Gasteiger charge is -2.30. The molecule has 0 aromatic heterocycles. The SMILES string of the molecule is O=C(O)[C@@H]1NCCC[C@@H]1NC(=O)C(F)(F)F. The van der Waals surface area contributed by atoms with Crippen LogP contribution in [0.1, 0.15) is 12.8 Å². The van der Waals surface area contributed by atoms with Crippen LogP contribution < -0.4 is 10.6 Å². The van der Waals surface area contributed by atoms with Crippen molar-refractivity contribution < 1.29 is 27.9 Å². The molecule has 92 valence electrons. The Labute approximate surface area is 89.0 Å². The van der Waals surface area contributed by atoms with E-state index in [0.29, 0.717) is 13.0 Å². The fourth-order valence-electron chi connectivity index (χ4n) is 1.55. The first-order valence-electron chi connectivity index (χ1n) is 4.66. The molecule has 0 aliphatic carbocycles. The molecule has 0 unspecified atom stereocenters. The van der Waals surface area contributed by atoms with Crippen LogP contribution >= 0.6 is 0 Å². The molecule has 0 spiro atoms. The Hall–Kier alpha value is -1.31. The summed E-state index contributed by atoms with van der Waals surface area (Å²) in [7, 11) is 0. The molecule has 1 rings (SSSR count). The molecule has 16 heavy (non-hydrogen) atoms. The number of hydrogen-bond donors (Lipinski definition) is 3. The maximum absolute atomic E-state index is 12.0. The molecule has 0 saturated carbocycles. The van der Waals surface area contributed by atoms with Gasteiger partial charge in [0.15, 0.2) is 0 Å². The number of alkyl halides is 3. The highest BCUT2D eigenvalue weighted by Crippen LogP contribution is 2.17. The number of halogens is 3. The van der Waals surface area contributed by atoms with Crippen LogP contribution in [0.25, 0.3) is 0 Å². The van der Waals surface area contributed by atoms with Gasteiger partial charge in [0.05, 0.1) is 6.04 Å². The molecule has 1 aliphatic rings. The van der Waals surface area contributed by atoms with Crippen LogP contribution in [0.3, 0.4) is 0 Å². The number of carbonyl (C=O) groups excluding carboxylic acids is 1. The molecule has 0 aromatic carbocycles. The standard InChI is InChI=1S/C8H11F3N2O3/c9-8(10,11)7(16)13-4-2-1-3-12-5(4)6(14)15/h4-5,12H,1-3H2,(H,13,16)(H,14,15)/t4-,5+/m0/s1. The van der Waals surface area contributed by atoms with Crippen molar-refractivity contribution in [2.75, 3.05) is 6.54 Å². The summed E-state index contributed by atoms with van der Waals surface area (Å²) >= 11 is 0. The lowest BCUT2D eigenvalue weighted by atomic mass is 9.98. The zero-order valence-corrected chi connectivity index (χ0v) is 8.17. The third-order valence-corrected chi connectivity index (χ3v) is 2.30. The summed E-state index contributed by atoms with van der Waals surface area (Å²) in [4.78, 5) is 21.3. The topological polar surface area (TPSA) is 78.4 Å². The van der Waals surface area contributed by atoms with E-state index in [9.17, 15) is 22.8 Å². The molecule has 8 heteroatoms. The van der Waals surface area contributed by atoms with E-state index in [1.54, 1.807) is 5.32 Å². The fraction of sp³-hybridized carbons (Fsp3) is 0.750. The number of piperidine rings is 1. The third kappa shape index (κ3) is 3.09. The van der Waals surface area contributed by atoms with E-state index in [0.717, 1.165) is 0 Å². The van der Waals surface area contributed by atoms with Crippen molar-refractivity contribution in [3.05, 3.63) is 0 Å². The highest BCUT2D eigenvalue weighted by Gasteiger charge is 2.42. The first-order chi connectivity index (χ1) is 7.32. The fourth-order valence-corrected chi connectivity index (χ4v) is 1.55. The zero-order chi connectivity index (χ0) is 12.3. The summed E-state index contributed by atoms with van der Waals surface area (Å²) in [6, 6.07) is -2.19. The number of amides is 1. The van der Waals surface area contributed by atoms with E-state index in [2.05, 4.69) is 5.32 Å². The van der Waals surface area contributed by atoms with Crippen LogP contribution in [0, 0.1) is 0 Å². The van der Waals surface area contributed by atoms with Gasteiger partial charge in [-0.1, -0.05) is 0 Å². The second-order valence-electron chi connectivity index (χ2n) is 3.49. The lowest BCUT2D eigenvalue weighted by Crippen LogP contribution is -2.58. The molecule has 5 nitrogen and oxygen atoms in total. The third-order valence-electron chi connectivity index (χ3n) is 2.30. The van der Waals surface area contributed by atoms with Crippen molar-refractivity contribution in [3.8, 4) is 0 Å². The van der Waals surface area contributed by atoms with Gasteiger partial charge in [-0.05, 0) is 19.4 Å². The predicted octanol–water partition coefficient (Wildman–Crippen LogP) is -0.130. The minimum absolute atomic E-state index is 0.214. The average molecular weight is 240 g/mol. The number of carbonyl (C=O) groups is 2. The van der Waals surface area contributed by atoms with Gasteiger partial charge < -0.3 is 15.7 Å². The molecule has 1 amide bonds. The normalized spacial score (nSPS) is 26.2. The smallest absolute Gasteiger partial charge is 0.471 e. The van der Waals surface area contributed by atoms with Gasteiger partial charge in [-0.15, -0.1) is 0 Å². The minimum Gasteiger partial charge on any atom is -0.480 e. The number of carboxylic acid groups (broad SMARTS) is 1. The van der Waals surface area contributed by atoms with E-state index >= 15 is 0 Å². The van der Waals surface area contributed by atoms with Crippen molar-refractivity contribution in [1.82, 2.24) is 10.6 Å². The van der Waals surface area contributed by atoms with Gasteiger partial charge in [0.25, 0.3) is 0 Å². The summed E-state index contributed by atoms with van der Waals surface area (Å²) in [5, 5.41) is 13.0. The molecular weight excluding hydrogens is 229 g/mol. The highest BCUT2D eigenvalue weighted by molar-refractivity contribution is 5.83. The molecule has 2 atom stereocenters. The highest BCUT2D eigenvalue weighted by atomic mass is 19.4. The number of carboxylic acids is 1. The molecule has 0 radical (unpaired) electrons. The Morgan fingerprint density at radius 2 is 2.00 bits per heavy atom. The maximum Gasteiger partial charge on any atom is 0.471 e. The van der Waals surface area contributed by atoms with Crippen LogP contribution in [0.2, 0.25) is 0 Å². The molecule has 0 bridgehead atoms. The number of hydrogen-bond acceptors (Lipinski definition) is 3. The largest absolute Gasteiger partial charge is 0.480 e. The van der Waals surface area contributed by atoms with Gasteiger partial charge in [0.2, 0.25) is 0 Å². The average Bonchev–Trinajstić information content (AvgIpc) is 2.16. The Kier molecular flexibility index (Phi) is 3.74. The van der Waals surface area contributed by atoms with E-state index in [-0.39, 0.29) is 6.42 Å². The minimum atomic E-state index is -4.99. The van der Waals surface area contributed by atoms with Crippen molar-refractivity contribution in [1.29, 1.82) is 0 Å². The summed E-state index contributed by atoms with van der Waals surface area (Å²) in [6.45, 7) is 0.412. The van der Waals surface area contributed by atoms with Crippen LogP contribution in [0.15, 0.2) is 0 Å². The first-order valence-corrected chi connectivity index (χ1v) is 4.66. The van der Waals surface area contributed by atoms with Gasteiger partial charge in [-0.2, -0.15) is 13.2 Å². The van der Waals surface area contributed by atoms with E-state index < -0.39 is 30.1 Å². The second-order valence-corrected chi connectivity index (χ2v) is 3.49. The van der Waals surface area contributed by atoms with Crippen molar-refractivity contribution in [3.63, 3.8) is 0 Å². The number of rotatable bonds is 2. The van der Waals surface area contributed by atoms with Crippen LogP contribution in [-0.2, 0) is 9.59 Å².